The summed E-state index contributed by atoms with van der Waals surface area (Å²) in [5.41, 5.74) is 0.593. The Morgan fingerprint density at radius 2 is 2.06 bits per heavy atom. The third kappa shape index (κ3) is 2.70. The Morgan fingerprint density at radius 3 is 2.65 bits per heavy atom. The van der Waals surface area contributed by atoms with Crippen LogP contribution in [0.4, 0.5) is 4.39 Å². The Hall–Kier alpha value is -1.26. The summed E-state index contributed by atoms with van der Waals surface area (Å²) in [6.07, 6.45) is 0.920. The standard InChI is InChI=1S/C13H13FO2S/c1-8(15)11-7-10(14)3-4-13(11)17-12-5-6-16-9(12)2/h3-8,15H,1-2H3. The van der Waals surface area contributed by atoms with E-state index in [9.17, 15) is 9.50 Å². The molecule has 2 nitrogen and oxygen atoms in total. The van der Waals surface area contributed by atoms with Gasteiger partial charge in [-0.3, -0.25) is 0 Å². The highest BCUT2D eigenvalue weighted by atomic mass is 32.2. The van der Waals surface area contributed by atoms with Gasteiger partial charge in [-0.15, -0.1) is 0 Å². The zero-order valence-corrected chi connectivity index (χ0v) is 10.4. The van der Waals surface area contributed by atoms with Crippen molar-refractivity contribution in [3.05, 3.63) is 47.7 Å². The molecular formula is C13H13FO2S. The van der Waals surface area contributed by atoms with Crippen LogP contribution in [0.1, 0.15) is 24.4 Å². The number of benzene rings is 1. The van der Waals surface area contributed by atoms with E-state index in [-0.39, 0.29) is 5.82 Å². The predicted molar refractivity (Wildman–Crippen MR) is 64.6 cm³/mol. The van der Waals surface area contributed by atoms with Crippen molar-refractivity contribution < 1.29 is 13.9 Å². The fourth-order valence-corrected chi connectivity index (χ4v) is 2.57. The largest absolute Gasteiger partial charge is 0.468 e. The quantitative estimate of drug-likeness (QED) is 0.898. The summed E-state index contributed by atoms with van der Waals surface area (Å²) in [6, 6.07) is 6.29. The van der Waals surface area contributed by atoms with E-state index in [0.29, 0.717) is 5.56 Å². The van der Waals surface area contributed by atoms with Gasteiger partial charge in [-0.1, -0.05) is 11.8 Å². The monoisotopic (exact) mass is 252 g/mol. The van der Waals surface area contributed by atoms with Crippen LogP contribution in [-0.2, 0) is 0 Å². The highest BCUT2D eigenvalue weighted by molar-refractivity contribution is 7.99. The Balaban J connectivity index is 2.36. The summed E-state index contributed by atoms with van der Waals surface area (Å²) in [6.45, 7) is 3.50. The smallest absolute Gasteiger partial charge is 0.123 e. The highest BCUT2D eigenvalue weighted by Gasteiger charge is 2.12. The number of aliphatic hydroxyl groups excluding tert-OH is 1. The van der Waals surface area contributed by atoms with E-state index in [1.165, 1.54) is 23.9 Å². The van der Waals surface area contributed by atoms with Crippen LogP contribution >= 0.6 is 11.8 Å². The molecular weight excluding hydrogens is 239 g/mol. The molecule has 90 valence electrons. The first-order valence-corrected chi connectivity index (χ1v) is 6.09. The second kappa shape index (κ2) is 4.94. The van der Waals surface area contributed by atoms with Crippen LogP contribution in [0.2, 0.25) is 0 Å². The molecule has 0 aliphatic carbocycles. The topological polar surface area (TPSA) is 33.4 Å². The molecule has 1 N–H and O–H groups in total. The molecule has 17 heavy (non-hydrogen) atoms. The van der Waals surface area contributed by atoms with Crippen LogP contribution in [-0.4, -0.2) is 5.11 Å². The summed E-state index contributed by atoms with van der Waals surface area (Å²) in [5, 5.41) is 9.62. The zero-order valence-electron chi connectivity index (χ0n) is 9.61. The minimum atomic E-state index is -0.694. The molecule has 1 aromatic heterocycles. The maximum Gasteiger partial charge on any atom is 0.123 e. The fourth-order valence-electron chi connectivity index (χ4n) is 1.54. The number of hydrogen-bond donors (Lipinski definition) is 1. The number of halogens is 1. The van der Waals surface area contributed by atoms with Crippen molar-refractivity contribution in [3.8, 4) is 0 Å². The first-order valence-electron chi connectivity index (χ1n) is 5.27. The number of hydrogen-bond acceptors (Lipinski definition) is 3. The molecule has 1 heterocycles. The van der Waals surface area contributed by atoms with Gasteiger partial charge in [0.2, 0.25) is 0 Å². The van der Waals surface area contributed by atoms with Crippen LogP contribution in [0.3, 0.4) is 0 Å². The van der Waals surface area contributed by atoms with Gasteiger partial charge in [0, 0.05) is 4.90 Å². The third-order valence-electron chi connectivity index (χ3n) is 2.45. The molecule has 1 aromatic carbocycles. The number of aryl methyl sites for hydroxylation is 1. The SMILES string of the molecule is Cc1occc1Sc1ccc(F)cc1C(C)O. The molecule has 1 unspecified atom stereocenters. The Kier molecular flexibility index (Phi) is 3.54. The van der Waals surface area contributed by atoms with E-state index in [1.54, 1.807) is 19.3 Å². The predicted octanol–water partition coefficient (Wildman–Crippen LogP) is 3.93. The third-order valence-corrected chi connectivity index (χ3v) is 3.69. The van der Waals surface area contributed by atoms with Gasteiger partial charge < -0.3 is 9.52 Å². The molecule has 0 aliphatic rings. The van der Waals surface area contributed by atoms with Crippen molar-refractivity contribution in [1.82, 2.24) is 0 Å². The summed E-state index contributed by atoms with van der Waals surface area (Å²) in [7, 11) is 0. The second-order valence-electron chi connectivity index (χ2n) is 3.80. The van der Waals surface area contributed by atoms with Crippen LogP contribution in [0.5, 0.6) is 0 Å². The maximum atomic E-state index is 13.1. The van der Waals surface area contributed by atoms with Crippen LogP contribution < -0.4 is 0 Å². The molecule has 0 spiro atoms. The van der Waals surface area contributed by atoms with E-state index < -0.39 is 6.10 Å². The summed E-state index contributed by atoms with van der Waals surface area (Å²) in [5.74, 6) is 0.477. The van der Waals surface area contributed by atoms with Crippen LogP contribution in [0.15, 0.2) is 44.7 Å². The van der Waals surface area contributed by atoms with E-state index in [2.05, 4.69) is 0 Å². The van der Waals surface area contributed by atoms with Gasteiger partial charge >= 0.3 is 0 Å². The molecule has 0 bridgehead atoms. The molecule has 1 atom stereocenters. The second-order valence-corrected chi connectivity index (χ2v) is 4.88. The van der Waals surface area contributed by atoms with E-state index in [4.69, 9.17) is 4.42 Å². The summed E-state index contributed by atoms with van der Waals surface area (Å²) < 4.78 is 18.3. The minimum absolute atomic E-state index is 0.339. The number of aliphatic hydroxyl groups is 1. The lowest BCUT2D eigenvalue weighted by Gasteiger charge is -2.11. The van der Waals surface area contributed by atoms with Crippen molar-refractivity contribution in [2.45, 2.75) is 29.7 Å². The lowest BCUT2D eigenvalue weighted by Crippen LogP contribution is -1.95. The molecule has 2 rings (SSSR count). The Labute approximate surface area is 103 Å². The van der Waals surface area contributed by atoms with Crippen molar-refractivity contribution >= 4 is 11.8 Å². The lowest BCUT2D eigenvalue weighted by atomic mass is 10.1. The average Bonchev–Trinajstić information content (AvgIpc) is 2.67. The van der Waals surface area contributed by atoms with Gasteiger partial charge in [0.15, 0.2) is 0 Å². The maximum absolute atomic E-state index is 13.1. The van der Waals surface area contributed by atoms with Gasteiger partial charge in [0.25, 0.3) is 0 Å². The number of furan rings is 1. The van der Waals surface area contributed by atoms with Crippen molar-refractivity contribution in [3.63, 3.8) is 0 Å². The van der Waals surface area contributed by atoms with Crippen molar-refractivity contribution in [1.29, 1.82) is 0 Å². The first-order chi connectivity index (χ1) is 8.08. The van der Waals surface area contributed by atoms with Gasteiger partial charge in [-0.2, -0.15) is 0 Å². The Bertz CT molecular complexity index is 520. The van der Waals surface area contributed by atoms with Gasteiger partial charge in [0.05, 0.1) is 17.3 Å². The average molecular weight is 252 g/mol. The number of rotatable bonds is 3. The minimum Gasteiger partial charge on any atom is -0.468 e. The molecule has 4 heteroatoms. The van der Waals surface area contributed by atoms with Crippen molar-refractivity contribution in [2.75, 3.05) is 0 Å². The molecule has 0 aliphatic heterocycles. The lowest BCUT2D eigenvalue weighted by molar-refractivity contribution is 0.196. The first kappa shape index (κ1) is 12.2. The van der Waals surface area contributed by atoms with Crippen LogP contribution in [0, 0.1) is 12.7 Å². The van der Waals surface area contributed by atoms with E-state index in [1.807, 2.05) is 13.0 Å². The van der Waals surface area contributed by atoms with Gasteiger partial charge in [0.1, 0.15) is 11.6 Å². The molecule has 0 radical (unpaired) electrons. The van der Waals surface area contributed by atoms with Gasteiger partial charge in [-0.25, -0.2) is 4.39 Å². The van der Waals surface area contributed by atoms with Crippen molar-refractivity contribution in [2.24, 2.45) is 0 Å². The Morgan fingerprint density at radius 1 is 1.29 bits per heavy atom. The van der Waals surface area contributed by atoms with Crippen LogP contribution in [0.25, 0.3) is 0 Å². The highest BCUT2D eigenvalue weighted by Crippen LogP contribution is 2.35. The molecule has 2 aromatic rings. The molecule has 0 amide bonds. The normalized spacial score (nSPS) is 12.7. The molecule has 0 saturated heterocycles. The van der Waals surface area contributed by atoms with E-state index in [0.717, 1.165) is 15.6 Å². The zero-order chi connectivity index (χ0) is 12.4. The summed E-state index contributed by atoms with van der Waals surface area (Å²) >= 11 is 1.46. The molecule has 0 saturated carbocycles. The molecule has 0 fully saturated rings. The van der Waals surface area contributed by atoms with Gasteiger partial charge in [-0.05, 0) is 43.7 Å². The fraction of sp³-hybridized carbons (Fsp3) is 0.231. The summed E-state index contributed by atoms with van der Waals surface area (Å²) in [4.78, 5) is 1.81. The van der Waals surface area contributed by atoms with E-state index >= 15 is 0 Å².